The fourth-order valence-corrected chi connectivity index (χ4v) is 2.00. The number of ether oxygens (including phenoxy) is 1. The topological polar surface area (TPSA) is 114 Å². The summed E-state index contributed by atoms with van der Waals surface area (Å²) < 4.78 is 5.53. The number of hydrogen-bond donors (Lipinski definition) is 3. The van der Waals surface area contributed by atoms with Crippen LogP contribution in [0.5, 0.6) is 5.75 Å². The van der Waals surface area contributed by atoms with Crippen molar-refractivity contribution in [2.45, 2.75) is 0 Å². The van der Waals surface area contributed by atoms with E-state index in [-0.39, 0.29) is 31.5 Å². The van der Waals surface area contributed by atoms with Gasteiger partial charge in [0.15, 0.2) is 0 Å². The number of imide groups is 1. The van der Waals surface area contributed by atoms with E-state index in [0.717, 1.165) is 0 Å². The highest BCUT2D eigenvalue weighted by molar-refractivity contribution is 5.99. The zero-order valence-corrected chi connectivity index (χ0v) is 11.3. The minimum absolute atomic E-state index is 0.153. The summed E-state index contributed by atoms with van der Waals surface area (Å²) in [7, 11) is 0. The van der Waals surface area contributed by atoms with E-state index in [1.54, 1.807) is 29.2 Å². The smallest absolute Gasteiger partial charge is 0.268 e. The molecule has 1 aromatic carbocycles. The second kappa shape index (κ2) is 6.82. The molecule has 0 spiro atoms. The van der Waals surface area contributed by atoms with Crippen molar-refractivity contribution in [2.75, 3.05) is 26.2 Å². The van der Waals surface area contributed by atoms with Crippen molar-refractivity contribution in [3.8, 4) is 5.75 Å². The van der Waals surface area contributed by atoms with Crippen LogP contribution >= 0.6 is 0 Å². The fourth-order valence-electron chi connectivity index (χ4n) is 2.00. The molecule has 0 unspecified atom stereocenters. The van der Waals surface area contributed by atoms with Gasteiger partial charge in [-0.05, 0) is 12.1 Å². The van der Waals surface area contributed by atoms with Crippen LogP contribution in [0.2, 0.25) is 0 Å². The Labute approximate surface area is 121 Å². The lowest BCUT2D eigenvalue weighted by molar-refractivity contribution is -0.136. The molecule has 21 heavy (non-hydrogen) atoms. The molecule has 0 aromatic heterocycles. The molecule has 3 amide bonds. The first-order chi connectivity index (χ1) is 10.1. The third-order valence-corrected chi connectivity index (χ3v) is 2.94. The number of hydrogen-bond acceptors (Lipinski definition) is 6. The van der Waals surface area contributed by atoms with Gasteiger partial charge in [0, 0.05) is 6.54 Å². The largest absolute Gasteiger partial charge is 0.491 e. The van der Waals surface area contributed by atoms with Crippen molar-refractivity contribution in [2.24, 2.45) is 5.84 Å². The van der Waals surface area contributed by atoms with E-state index in [9.17, 15) is 14.4 Å². The molecular formula is C13H16N4O4. The zero-order valence-electron chi connectivity index (χ0n) is 11.3. The number of benzene rings is 1. The number of hydrazine groups is 1. The van der Waals surface area contributed by atoms with Crippen molar-refractivity contribution in [3.05, 3.63) is 29.8 Å². The van der Waals surface area contributed by atoms with Gasteiger partial charge in [-0.1, -0.05) is 12.1 Å². The average Bonchev–Trinajstić information content (AvgIpc) is 2.46. The highest BCUT2D eigenvalue weighted by Gasteiger charge is 2.22. The number of carbonyl (C=O) groups is 3. The molecule has 1 aliphatic heterocycles. The maximum absolute atomic E-state index is 11.6. The Morgan fingerprint density at radius 2 is 1.95 bits per heavy atom. The number of piperazine rings is 1. The van der Waals surface area contributed by atoms with E-state index in [4.69, 9.17) is 10.6 Å². The molecule has 0 radical (unpaired) electrons. The number of para-hydroxylation sites is 1. The Hall–Kier alpha value is -2.45. The maximum atomic E-state index is 11.6. The summed E-state index contributed by atoms with van der Waals surface area (Å²) in [5.41, 5.74) is 2.37. The van der Waals surface area contributed by atoms with Crippen molar-refractivity contribution >= 4 is 17.7 Å². The Kier molecular flexibility index (Phi) is 4.85. The molecular weight excluding hydrogens is 276 g/mol. The van der Waals surface area contributed by atoms with E-state index in [2.05, 4.69) is 5.32 Å². The first-order valence-electron chi connectivity index (χ1n) is 6.38. The van der Waals surface area contributed by atoms with Crippen LogP contribution in [0.25, 0.3) is 0 Å². The van der Waals surface area contributed by atoms with Gasteiger partial charge in [-0.3, -0.25) is 30.0 Å². The molecule has 1 aromatic rings. The number of nitrogens with two attached hydrogens (primary N) is 1. The molecule has 0 atom stereocenters. The molecule has 0 aliphatic carbocycles. The molecule has 4 N–H and O–H groups in total. The number of nitrogen functional groups attached to an aromatic ring is 1. The summed E-state index contributed by atoms with van der Waals surface area (Å²) in [5, 5.41) is 2.22. The van der Waals surface area contributed by atoms with E-state index >= 15 is 0 Å². The molecule has 112 valence electrons. The Bertz CT molecular complexity index is 545. The highest BCUT2D eigenvalue weighted by atomic mass is 16.5. The molecule has 0 bridgehead atoms. The molecule has 0 saturated carbocycles. The predicted octanol–water partition coefficient (Wildman–Crippen LogP) is -1.37. The van der Waals surface area contributed by atoms with E-state index in [1.807, 2.05) is 5.43 Å². The van der Waals surface area contributed by atoms with Gasteiger partial charge in [-0.15, -0.1) is 0 Å². The van der Waals surface area contributed by atoms with Gasteiger partial charge in [-0.25, -0.2) is 5.84 Å². The van der Waals surface area contributed by atoms with E-state index < -0.39 is 5.91 Å². The molecule has 1 saturated heterocycles. The van der Waals surface area contributed by atoms with Crippen LogP contribution in [0.3, 0.4) is 0 Å². The second-order valence-electron chi connectivity index (χ2n) is 4.50. The van der Waals surface area contributed by atoms with Crippen LogP contribution in [-0.4, -0.2) is 48.9 Å². The Morgan fingerprint density at radius 3 is 2.62 bits per heavy atom. The zero-order chi connectivity index (χ0) is 15.2. The monoisotopic (exact) mass is 292 g/mol. The lowest BCUT2D eigenvalue weighted by atomic mass is 10.2. The Morgan fingerprint density at radius 1 is 1.29 bits per heavy atom. The number of nitrogens with zero attached hydrogens (tertiary/aromatic N) is 1. The lowest BCUT2D eigenvalue weighted by Gasteiger charge is -2.25. The summed E-state index contributed by atoms with van der Waals surface area (Å²) in [6, 6.07) is 6.68. The van der Waals surface area contributed by atoms with Crippen LogP contribution in [0, 0.1) is 0 Å². The standard InChI is InChI=1S/C13H16N4O4/c14-16-13(20)9-3-1-2-4-10(9)21-6-5-17-7-11(18)15-12(19)8-17/h1-4H,5-8,14H2,(H,16,20)(H,15,18,19). The molecule has 1 aliphatic rings. The first kappa shape index (κ1) is 14.9. The molecule has 2 rings (SSSR count). The van der Waals surface area contributed by atoms with Crippen molar-refractivity contribution in [1.29, 1.82) is 0 Å². The SMILES string of the molecule is NNC(=O)c1ccccc1OCCN1CC(=O)NC(=O)C1. The van der Waals surface area contributed by atoms with E-state index in [1.165, 1.54) is 0 Å². The van der Waals surface area contributed by atoms with Gasteiger partial charge >= 0.3 is 0 Å². The summed E-state index contributed by atoms with van der Waals surface area (Å²) >= 11 is 0. The second-order valence-corrected chi connectivity index (χ2v) is 4.50. The Balaban J connectivity index is 1.90. The van der Waals surface area contributed by atoms with Gasteiger partial charge in [0.1, 0.15) is 12.4 Å². The van der Waals surface area contributed by atoms with E-state index in [0.29, 0.717) is 17.9 Å². The molecule has 8 nitrogen and oxygen atoms in total. The summed E-state index contributed by atoms with van der Waals surface area (Å²) in [5.74, 6) is 4.40. The van der Waals surface area contributed by atoms with Crippen LogP contribution in [0.4, 0.5) is 0 Å². The third kappa shape index (κ3) is 4.01. The van der Waals surface area contributed by atoms with Crippen molar-refractivity contribution in [3.63, 3.8) is 0 Å². The highest BCUT2D eigenvalue weighted by Crippen LogP contribution is 2.17. The minimum atomic E-state index is -0.446. The average molecular weight is 292 g/mol. The maximum Gasteiger partial charge on any atom is 0.268 e. The molecule has 1 heterocycles. The van der Waals surface area contributed by atoms with Crippen molar-refractivity contribution < 1.29 is 19.1 Å². The number of rotatable bonds is 5. The molecule has 1 fully saturated rings. The lowest BCUT2D eigenvalue weighted by Crippen LogP contribution is -2.52. The number of amides is 3. The van der Waals surface area contributed by atoms with Gasteiger partial charge in [0.25, 0.3) is 5.91 Å². The third-order valence-electron chi connectivity index (χ3n) is 2.94. The summed E-state index contributed by atoms with van der Waals surface area (Å²) in [6.45, 7) is 0.952. The summed E-state index contributed by atoms with van der Waals surface area (Å²) in [6.07, 6.45) is 0. The summed E-state index contributed by atoms with van der Waals surface area (Å²) in [4.78, 5) is 35.7. The first-order valence-corrected chi connectivity index (χ1v) is 6.38. The normalized spacial score (nSPS) is 15.5. The van der Waals surface area contributed by atoms with Gasteiger partial charge in [-0.2, -0.15) is 0 Å². The van der Waals surface area contributed by atoms with Crippen LogP contribution in [0.1, 0.15) is 10.4 Å². The van der Waals surface area contributed by atoms with Crippen LogP contribution < -0.4 is 21.3 Å². The quantitative estimate of drug-likeness (QED) is 0.267. The predicted molar refractivity (Wildman–Crippen MR) is 73.2 cm³/mol. The van der Waals surface area contributed by atoms with Crippen LogP contribution in [0.15, 0.2) is 24.3 Å². The van der Waals surface area contributed by atoms with Crippen LogP contribution in [-0.2, 0) is 9.59 Å². The molecule has 8 heteroatoms. The fraction of sp³-hybridized carbons (Fsp3) is 0.308. The van der Waals surface area contributed by atoms with Crippen molar-refractivity contribution in [1.82, 2.24) is 15.6 Å². The van der Waals surface area contributed by atoms with Gasteiger partial charge in [0.05, 0.1) is 18.7 Å². The number of nitrogens with one attached hydrogen (secondary N) is 2. The minimum Gasteiger partial charge on any atom is -0.491 e. The van der Waals surface area contributed by atoms with Gasteiger partial charge in [0.2, 0.25) is 11.8 Å². The van der Waals surface area contributed by atoms with Gasteiger partial charge < -0.3 is 4.74 Å². The number of carbonyl (C=O) groups excluding carboxylic acids is 3.